The minimum absolute atomic E-state index is 0.120. The molecule has 0 bridgehead atoms. The smallest absolute Gasteiger partial charge is 0.251 e. The average Bonchev–Trinajstić information content (AvgIpc) is 2.76. The number of carbonyl (C=O) groups excluding carboxylic acids is 1. The van der Waals surface area contributed by atoms with Crippen LogP contribution < -0.4 is 15.4 Å². The zero-order valence-electron chi connectivity index (χ0n) is 17.6. The number of pyridine rings is 1. The number of aryl methyl sites for hydroxylation is 2. The Morgan fingerprint density at radius 2 is 1.90 bits per heavy atom. The highest BCUT2D eigenvalue weighted by atomic mass is 16.5. The van der Waals surface area contributed by atoms with E-state index in [1.807, 2.05) is 32.0 Å². The minimum Gasteiger partial charge on any atom is -0.494 e. The van der Waals surface area contributed by atoms with Gasteiger partial charge in [-0.3, -0.25) is 4.79 Å². The Labute approximate surface area is 176 Å². The maximum absolute atomic E-state index is 12.2. The van der Waals surface area contributed by atoms with Crippen molar-refractivity contribution in [2.45, 2.75) is 27.2 Å². The summed E-state index contributed by atoms with van der Waals surface area (Å²) in [6.07, 6.45) is 0.708. The first-order valence-corrected chi connectivity index (χ1v) is 10.1. The Balaban J connectivity index is 1.55. The highest BCUT2D eigenvalue weighted by Crippen LogP contribution is 2.24. The van der Waals surface area contributed by atoms with Gasteiger partial charge in [0.05, 0.1) is 17.7 Å². The number of ether oxygens (including phenoxy) is 1. The SMILES string of the molecule is CCOc1ccc(C(=O)NCCCNc2nc3c(C)c(C)ccc3cc2C#N)cc1. The molecule has 1 aromatic heterocycles. The second kappa shape index (κ2) is 9.75. The first-order chi connectivity index (χ1) is 14.5. The third kappa shape index (κ3) is 4.87. The molecule has 0 fully saturated rings. The van der Waals surface area contributed by atoms with Gasteiger partial charge in [0.1, 0.15) is 17.6 Å². The fourth-order valence-corrected chi connectivity index (χ4v) is 3.17. The maximum Gasteiger partial charge on any atom is 0.251 e. The van der Waals surface area contributed by atoms with E-state index in [-0.39, 0.29) is 5.91 Å². The van der Waals surface area contributed by atoms with Gasteiger partial charge in [-0.1, -0.05) is 12.1 Å². The molecular formula is C24H26N4O2. The predicted molar refractivity (Wildman–Crippen MR) is 119 cm³/mol. The fraction of sp³-hybridized carbons (Fsp3) is 0.292. The third-order valence-electron chi connectivity index (χ3n) is 4.99. The Bertz CT molecular complexity index is 1090. The van der Waals surface area contributed by atoms with Crippen LogP contribution in [0, 0.1) is 25.2 Å². The molecule has 3 rings (SSSR count). The van der Waals surface area contributed by atoms with Crippen LogP contribution >= 0.6 is 0 Å². The van der Waals surface area contributed by atoms with E-state index < -0.39 is 0 Å². The Kier molecular flexibility index (Phi) is 6.87. The lowest BCUT2D eigenvalue weighted by atomic mass is 10.0. The van der Waals surface area contributed by atoms with Gasteiger partial charge in [-0.05, 0) is 68.7 Å². The van der Waals surface area contributed by atoms with E-state index in [0.717, 1.165) is 22.2 Å². The van der Waals surface area contributed by atoms with E-state index >= 15 is 0 Å². The topological polar surface area (TPSA) is 87.0 Å². The second-order valence-electron chi connectivity index (χ2n) is 7.07. The van der Waals surface area contributed by atoms with Crippen LogP contribution in [-0.2, 0) is 0 Å². The summed E-state index contributed by atoms with van der Waals surface area (Å²) in [4.78, 5) is 16.9. The average molecular weight is 402 g/mol. The number of carbonyl (C=O) groups is 1. The number of nitriles is 1. The van der Waals surface area contributed by atoms with Gasteiger partial charge in [0.2, 0.25) is 0 Å². The van der Waals surface area contributed by atoms with Crippen molar-refractivity contribution in [2.75, 3.05) is 25.0 Å². The van der Waals surface area contributed by atoms with Crippen LogP contribution in [0.2, 0.25) is 0 Å². The summed E-state index contributed by atoms with van der Waals surface area (Å²) < 4.78 is 5.39. The molecular weight excluding hydrogens is 376 g/mol. The number of nitrogens with one attached hydrogen (secondary N) is 2. The van der Waals surface area contributed by atoms with Crippen molar-refractivity contribution < 1.29 is 9.53 Å². The number of aromatic nitrogens is 1. The Morgan fingerprint density at radius 3 is 2.60 bits per heavy atom. The van der Waals surface area contributed by atoms with Gasteiger partial charge in [-0.25, -0.2) is 4.98 Å². The van der Waals surface area contributed by atoms with Crippen LogP contribution in [0.25, 0.3) is 10.9 Å². The Morgan fingerprint density at radius 1 is 1.13 bits per heavy atom. The number of rotatable bonds is 8. The molecule has 6 heteroatoms. The molecule has 0 saturated carbocycles. The van der Waals surface area contributed by atoms with Gasteiger partial charge in [0.15, 0.2) is 0 Å². The van der Waals surface area contributed by atoms with Gasteiger partial charge in [-0.15, -0.1) is 0 Å². The summed E-state index contributed by atoms with van der Waals surface area (Å²) in [6, 6.07) is 15.2. The standard InChI is InChI=1S/C24H26N4O2/c1-4-30-21-10-8-18(9-11-21)24(29)27-13-5-12-26-23-20(15-25)14-19-7-6-16(2)17(3)22(19)28-23/h6-11,14H,4-5,12-13H2,1-3H3,(H,26,28)(H,27,29). The molecule has 1 amide bonds. The summed E-state index contributed by atoms with van der Waals surface area (Å²) in [5.41, 5.74) is 4.30. The lowest BCUT2D eigenvalue weighted by Gasteiger charge is -2.11. The molecule has 0 radical (unpaired) electrons. The number of anilines is 1. The van der Waals surface area contributed by atoms with Crippen molar-refractivity contribution in [3.8, 4) is 11.8 Å². The van der Waals surface area contributed by atoms with E-state index in [1.54, 1.807) is 24.3 Å². The molecule has 0 aliphatic rings. The van der Waals surface area contributed by atoms with Crippen LogP contribution in [0.4, 0.5) is 5.82 Å². The van der Waals surface area contributed by atoms with E-state index in [9.17, 15) is 10.1 Å². The van der Waals surface area contributed by atoms with Gasteiger partial charge in [-0.2, -0.15) is 5.26 Å². The largest absolute Gasteiger partial charge is 0.494 e. The molecule has 0 unspecified atom stereocenters. The van der Waals surface area contributed by atoms with E-state index in [2.05, 4.69) is 28.6 Å². The normalized spacial score (nSPS) is 10.5. The van der Waals surface area contributed by atoms with Crippen LogP contribution in [0.3, 0.4) is 0 Å². The number of amides is 1. The van der Waals surface area contributed by atoms with E-state index in [1.165, 1.54) is 5.56 Å². The molecule has 2 N–H and O–H groups in total. The summed E-state index contributed by atoms with van der Waals surface area (Å²) in [5, 5.41) is 16.6. The quantitative estimate of drug-likeness (QED) is 0.547. The van der Waals surface area contributed by atoms with Gasteiger partial charge in [0, 0.05) is 24.0 Å². The molecule has 0 aliphatic heterocycles. The summed E-state index contributed by atoms with van der Waals surface area (Å²) in [5.74, 6) is 1.21. The van der Waals surface area contributed by atoms with Crippen molar-refractivity contribution in [3.63, 3.8) is 0 Å². The van der Waals surface area contributed by atoms with E-state index in [0.29, 0.717) is 43.1 Å². The summed E-state index contributed by atoms with van der Waals surface area (Å²) in [6.45, 7) is 7.72. The zero-order valence-corrected chi connectivity index (χ0v) is 17.6. The van der Waals surface area contributed by atoms with Crippen molar-refractivity contribution in [2.24, 2.45) is 0 Å². The Hall–Kier alpha value is -3.59. The minimum atomic E-state index is -0.120. The zero-order chi connectivity index (χ0) is 21.5. The summed E-state index contributed by atoms with van der Waals surface area (Å²) in [7, 11) is 0. The van der Waals surface area contributed by atoms with Crippen LogP contribution in [-0.4, -0.2) is 30.6 Å². The monoisotopic (exact) mass is 402 g/mol. The summed E-state index contributed by atoms with van der Waals surface area (Å²) >= 11 is 0. The predicted octanol–water partition coefficient (Wildman–Crippen LogP) is 4.35. The highest BCUT2D eigenvalue weighted by Gasteiger charge is 2.10. The third-order valence-corrected chi connectivity index (χ3v) is 4.99. The number of nitrogens with zero attached hydrogens (tertiary/aromatic N) is 2. The molecule has 3 aromatic rings. The van der Waals surface area contributed by atoms with Crippen molar-refractivity contribution >= 4 is 22.6 Å². The van der Waals surface area contributed by atoms with Crippen LogP contribution in [0.1, 0.15) is 40.4 Å². The van der Waals surface area contributed by atoms with Gasteiger partial charge >= 0.3 is 0 Å². The molecule has 30 heavy (non-hydrogen) atoms. The molecule has 0 saturated heterocycles. The lowest BCUT2D eigenvalue weighted by molar-refractivity contribution is 0.0953. The molecule has 154 valence electrons. The van der Waals surface area contributed by atoms with Gasteiger partial charge < -0.3 is 15.4 Å². The molecule has 0 spiro atoms. The molecule has 6 nitrogen and oxygen atoms in total. The first-order valence-electron chi connectivity index (χ1n) is 10.1. The highest BCUT2D eigenvalue weighted by molar-refractivity contribution is 5.94. The van der Waals surface area contributed by atoms with Gasteiger partial charge in [0.25, 0.3) is 5.91 Å². The molecule has 2 aromatic carbocycles. The van der Waals surface area contributed by atoms with Crippen molar-refractivity contribution in [3.05, 3.63) is 64.7 Å². The fourth-order valence-electron chi connectivity index (χ4n) is 3.17. The van der Waals surface area contributed by atoms with Crippen molar-refractivity contribution in [1.82, 2.24) is 10.3 Å². The second-order valence-corrected chi connectivity index (χ2v) is 7.07. The number of benzene rings is 2. The van der Waals surface area contributed by atoms with Crippen molar-refractivity contribution in [1.29, 1.82) is 5.26 Å². The number of fused-ring (bicyclic) bond motifs is 1. The lowest BCUT2D eigenvalue weighted by Crippen LogP contribution is -2.25. The molecule has 1 heterocycles. The number of hydrogen-bond acceptors (Lipinski definition) is 5. The molecule has 0 aliphatic carbocycles. The van der Waals surface area contributed by atoms with Crippen LogP contribution in [0.15, 0.2) is 42.5 Å². The molecule has 0 atom stereocenters. The number of hydrogen-bond donors (Lipinski definition) is 2. The van der Waals surface area contributed by atoms with E-state index in [4.69, 9.17) is 4.74 Å². The maximum atomic E-state index is 12.2. The van der Waals surface area contributed by atoms with Crippen LogP contribution in [0.5, 0.6) is 5.75 Å². The first kappa shape index (κ1) is 21.1.